The van der Waals surface area contributed by atoms with E-state index >= 15 is 0 Å². The van der Waals surface area contributed by atoms with Crippen molar-refractivity contribution >= 4 is 12.0 Å². The Morgan fingerprint density at radius 2 is 1.61 bits per heavy atom. The van der Waals surface area contributed by atoms with Gasteiger partial charge in [-0.2, -0.15) is 0 Å². The number of nitrogens with one attached hydrogen (secondary N) is 1. The van der Waals surface area contributed by atoms with E-state index in [1.54, 1.807) is 39.5 Å². The highest BCUT2D eigenvalue weighted by Crippen LogP contribution is 2.35. The summed E-state index contributed by atoms with van der Waals surface area (Å²) < 4.78 is 21.6. The summed E-state index contributed by atoms with van der Waals surface area (Å²) in [6.07, 6.45) is 3.11. The SMILES string of the molecule is COc1cc(OC)c(OC)cc1/C=C/C(=O)NCCOc1ccc(C)cc1C. The first-order chi connectivity index (χ1) is 13.5. The molecule has 0 bridgehead atoms. The second-order valence-corrected chi connectivity index (χ2v) is 6.19. The Kier molecular flexibility index (Phi) is 7.75. The van der Waals surface area contributed by atoms with Crippen LogP contribution in [0.3, 0.4) is 0 Å². The van der Waals surface area contributed by atoms with Gasteiger partial charge in [-0.3, -0.25) is 4.79 Å². The molecule has 0 aliphatic carbocycles. The number of aryl methyl sites for hydroxylation is 2. The van der Waals surface area contributed by atoms with Gasteiger partial charge in [-0.25, -0.2) is 0 Å². The van der Waals surface area contributed by atoms with Gasteiger partial charge in [-0.1, -0.05) is 17.7 Å². The molecule has 0 saturated carbocycles. The van der Waals surface area contributed by atoms with Crippen molar-refractivity contribution in [3.05, 3.63) is 53.1 Å². The first-order valence-electron chi connectivity index (χ1n) is 8.94. The van der Waals surface area contributed by atoms with E-state index in [2.05, 4.69) is 11.4 Å². The van der Waals surface area contributed by atoms with Crippen molar-refractivity contribution in [1.82, 2.24) is 5.32 Å². The number of benzene rings is 2. The average Bonchev–Trinajstić information content (AvgIpc) is 2.70. The van der Waals surface area contributed by atoms with Crippen LogP contribution in [0.15, 0.2) is 36.4 Å². The van der Waals surface area contributed by atoms with Crippen LogP contribution in [0.2, 0.25) is 0 Å². The smallest absolute Gasteiger partial charge is 0.244 e. The third-order valence-electron chi connectivity index (χ3n) is 4.14. The second-order valence-electron chi connectivity index (χ2n) is 6.19. The van der Waals surface area contributed by atoms with Crippen LogP contribution in [-0.4, -0.2) is 40.4 Å². The van der Waals surface area contributed by atoms with Gasteiger partial charge in [0.25, 0.3) is 0 Å². The Morgan fingerprint density at radius 3 is 2.25 bits per heavy atom. The number of amides is 1. The lowest BCUT2D eigenvalue weighted by molar-refractivity contribution is -0.116. The zero-order valence-corrected chi connectivity index (χ0v) is 17.0. The van der Waals surface area contributed by atoms with Gasteiger partial charge in [0, 0.05) is 17.7 Å². The minimum atomic E-state index is -0.221. The number of methoxy groups -OCH3 is 3. The third kappa shape index (κ3) is 5.67. The fraction of sp³-hybridized carbons (Fsp3) is 0.318. The highest BCUT2D eigenvalue weighted by atomic mass is 16.5. The fourth-order valence-electron chi connectivity index (χ4n) is 2.70. The molecule has 150 valence electrons. The predicted molar refractivity (Wildman–Crippen MR) is 110 cm³/mol. The molecule has 0 spiro atoms. The minimum Gasteiger partial charge on any atom is -0.496 e. The number of carbonyl (C=O) groups excluding carboxylic acids is 1. The summed E-state index contributed by atoms with van der Waals surface area (Å²) in [5.41, 5.74) is 2.97. The summed E-state index contributed by atoms with van der Waals surface area (Å²) in [7, 11) is 4.67. The molecule has 0 fully saturated rings. The summed E-state index contributed by atoms with van der Waals surface area (Å²) in [6.45, 7) is 4.83. The van der Waals surface area contributed by atoms with Crippen LogP contribution >= 0.6 is 0 Å². The van der Waals surface area contributed by atoms with E-state index in [1.807, 2.05) is 26.0 Å². The van der Waals surface area contributed by atoms with E-state index in [-0.39, 0.29) is 5.91 Å². The highest BCUT2D eigenvalue weighted by Gasteiger charge is 2.10. The fourth-order valence-corrected chi connectivity index (χ4v) is 2.70. The minimum absolute atomic E-state index is 0.221. The Hall–Kier alpha value is -3.15. The van der Waals surface area contributed by atoms with E-state index in [1.165, 1.54) is 11.6 Å². The Bertz CT molecular complexity index is 845. The van der Waals surface area contributed by atoms with E-state index in [4.69, 9.17) is 18.9 Å². The topological polar surface area (TPSA) is 66.0 Å². The Labute approximate surface area is 166 Å². The highest BCUT2D eigenvalue weighted by molar-refractivity contribution is 5.92. The zero-order valence-electron chi connectivity index (χ0n) is 17.0. The number of hydrogen-bond acceptors (Lipinski definition) is 5. The first-order valence-corrected chi connectivity index (χ1v) is 8.94. The van der Waals surface area contributed by atoms with Crippen molar-refractivity contribution in [2.45, 2.75) is 13.8 Å². The molecule has 6 heteroatoms. The van der Waals surface area contributed by atoms with Gasteiger partial charge in [0.1, 0.15) is 18.1 Å². The molecule has 0 aliphatic heterocycles. The van der Waals surface area contributed by atoms with Crippen molar-refractivity contribution < 1.29 is 23.7 Å². The van der Waals surface area contributed by atoms with Crippen LogP contribution < -0.4 is 24.3 Å². The lowest BCUT2D eigenvalue weighted by atomic mass is 10.1. The van der Waals surface area contributed by atoms with Crippen LogP contribution in [0.25, 0.3) is 6.08 Å². The van der Waals surface area contributed by atoms with Gasteiger partial charge >= 0.3 is 0 Å². The van der Waals surface area contributed by atoms with Gasteiger partial charge in [0.2, 0.25) is 5.91 Å². The molecule has 28 heavy (non-hydrogen) atoms. The Balaban J connectivity index is 1.91. The maximum absolute atomic E-state index is 12.1. The van der Waals surface area contributed by atoms with Crippen LogP contribution in [0, 0.1) is 13.8 Å². The molecule has 6 nitrogen and oxygen atoms in total. The van der Waals surface area contributed by atoms with Gasteiger partial charge < -0.3 is 24.3 Å². The molecule has 0 unspecified atom stereocenters. The van der Waals surface area contributed by atoms with Gasteiger partial charge in [0.15, 0.2) is 11.5 Å². The van der Waals surface area contributed by atoms with Gasteiger partial charge in [-0.15, -0.1) is 0 Å². The molecule has 2 rings (SSSR count). The van der Waals surface area contributed by atoms with E-state index in [0.29, 0.717) is 36.0 Å². The summed E-state index contributed by atoms with van der Waals surface area (Å²) in [6, 6.07) is 9.47. The van der Waals surface area contributed by atoms with Crippen LogP contribution in [0.5, 0.6) is 23.0 Å². The normalized spacial score (nSPS) is 10.6. The van der Waals surface area contributed by atoms with Crippen LogP contribution in [0.1, 0.15) is 16.7 Å². The molecular weight excluding hydrogens is 358 g/mol. The molecule has 2 aromatic carbocycles. The number of ether oxygens (including phenoxy) is 4. The predicted octanol–water partition coefficient (Wildman–Crippen LogP) is 3.54. The van der Waals surface area contributed by atoms with Crippen molar-refractivity contribution in [3.63, 3.8) is 0 Å². The molecule has 0 aromatic heterocycles. The lowest BCUT2D eigenvalue weighted by Gasteiger charge is -2.12. The molecule has 1 amide bonds. The van der Waals surface area contributed by atoms with Crippen LogP contribution in [0.4, 0.5) is 0 Å². The summed E-state index contributed by atoms with van der Waals surface area (Å²) in [4.78, 5) is 12.1. The molecule has 1 N–H and O–H groups in total. The van der Waals surface area contributed by atoms with Crippen LogP contribution in [-0.2, 0) is 4.79 Å². The van der Waals surface area contributed by atoms with E-state index < -0.39 is 0 Å². The number of carbonyl (C=O) groups is 1. The molecule has 0 aliphatic rings. The quantitative estimate of drug-likeness (QED) is 0.528. The second kappa shape index (κ2) is 10.3. The molecule has 0 saturated heterocycles. The molecule has 0 radical (unpaired) electrons. The number of hydrogen-bond donors (Lipinski definition) is 1. The first kappa shape index (κ1) is 21.2. The standard InChI is InChI=1S/C22H27NO5/c1-15-6-8-18(16(2)12-15)28-11-10-23-22(24)9-7-17-13-20(26-4)21(27-5)14-19(17)25-3/h6-9,12-14H,10-11H2,1-5H3,(H,23,24)/b9-7+. The van der Waals surface area contributed by atoms with E-state index in [9.17, 15) is 4.79 Å². The maximum Gasteiger partial charge on any atom is 0.244 e. The van der Waals surface area contributed by atoms with Gasteiger partial charge in [-0.05, 0) is 37.6 Å². The van der Waals surface area contributed by atoms with Crippen molar-refractivity contribution in [2.24, 2.45) is 0 Å². The zero-order chi connectivity index (χ0) is 20.5. The summed E-state index contributed by atoms with van der Waals surface area (Å²) in [5.74, 6) is 2.31. The molecule has 0 heterocycles. The van der Waals surface area contributed by atoms with Crippen molar-refractivity contribution in [1.29, 1.82) is 0 Å². The lowest BCUT2D eigenvalue weighted by Crippen LogP contribution is -2.26. The maximum atomic E-state index is 12.1. The summed E-state index contributed by atoms with van der Waals surface area (Å²) >= 11 is 0. The van der Waals surface area contributed by atoms with Gasteiger partial charge in [0.05, 0.1) is 27.9 Å². The molecule has 0 atom stereocenters. The van der Waals surface area contributed by atoms with Crippen molar-refractivity contribution in [3.8, 4) is 23.0 Å². The third-order valence-corrected chi connectivity index (χ3v) is 4.14. The average molecular weight is 385 g/mol. The van der Waals surface area contributed by atoms with E-state index in [0.717, 1.165) is 11.3 Å². The molecule has 2 aromatic rings. The van der Waals surface area contributed by atoms with Crippen molar-refractivity contribution in [2.75, 3.05) is 34.5 Å². The number of rotatable bonds is 9. The monoisotopic (exact) mass is 385 g/mol. The Morgan fingerprint density at radius 1 is 0.929 bits per heavy atom. The molecular formula is C22H27NO5. The largest absolute Gasteiger partial charge is 0.496 e. The summed E-state index contributed by atoms with van der Waals surface area (Å²) in [5, 5.41) is 2.80.